The van der Waals surface area contributed by atoms with Gasteiger partial charge in [0.2, 0.25) is 0 Å². The van der Waals surface area contributed by atoms with Crippen LogP contribution < -0.4 is 16.6 Å². The highest BCUT2D eigenvalue weighted by atomic mass is 16.5. The summed E-state index contributed by atoms with van der Waals surface area (Å²) in [6.45, 7) is 2.62. The van der Waals surface area contributed by atoms with Crippen LogP contribution in [0.3, 0.4) is 0 Å². The number of ether oxygens (including phenoxy) is 1. The number of nitrogens with zero attached hydrogens (tertiary/aromatic N) is 1. The molecular formula is C9H16N4O2. The molecule has 1 aromatic heterocycles. The summed E-state index contributed by atoms with van der Waals surface area (Å²) in [6, 6.07) is 0.154. The quantitative estimate of drug-likeness (QED) is 0.647. The van der Waals surface area contributed by atoms with Crippen molar-refractivity contribution in [3.05, 3.63) is 16.7 Å². The zero-order chi connectivity index (χ0) is 11.3. The van der Waals surface area contributed by atoms with E-state index in [1.165, 1.54) is 6.33 Å². The average molecular weight is 212 g/mol. The van der Waals surface area contributed by atoms with Crippen molar-refractivity contribution in [2.24, 2.45) is 0 Å². The van der Waals surface area contributed by atoms with Gasteiger partial charge in [0.25, 0.3) is 5.56 Å². The van der Waals surface area contributed by atoms with Crippen LogP contribution in [0.5, 0.6) is 0 Å². The Labute approximate surface area is 87.9 Å². The van der Waals surface area contributed by atoms with Crippen LogP contribution in [-0.4, -0.2) is 29.7 Å². The second-order valence-electron chi connectivity index (χ2n) is 3.32. The lowest BCUT2D eigenvalue weighted by atomic mass is 10.2. The number of nitrogens with one attached hydrogen (secondary N) is 2. The summed E-state index contributed by atoms with van der Waals surface area (Å²) in [4.78, 5) is 17.5. The molecule has 0 aromatic carbocycles. The van der Waals surface area contributed by atoms with E-state index in [0.717, 1.165) is 6.42 Å². The third-order valence-corrected chi connectivity index (χ3v) is 2.03. The zero-order valence-corrected chi connectivity index (χ0v) is 8.91. The van der Waals surface area contributed by atoms with Crippen LogP contribution in [-0.2, 0) is 4.74 Å². The molecule has 1 heterocycles. The molecule has 0 spiro atoms. The SMILES string of the molecule is COCCC(C)Nc1nc[nH]c(=O)c1N. The van der Waals surface area contributed by atoms with Gasteiger partial charge < -0.3 is 20.8 Å². The Kier molecular flexibility index (Phi) is 4.11. The summed E-state index contributed by atoms with van der Waals surface area (Å²) in [5, 5.41) is 3.05. The fraction of sp³-hybridized carbons (Fsp3) is 0.556. The first-order valence-corrected chi connectivity index (χ1v) is 4.73. The van der Waals surface area contributed by atoms with Gasteiger partial charge in [0.05, 0.1) is 6.33 Å². The van der Waals surface area contributed by atoms with E-state index >= 15 is 0 Å². The van der Waals surface area contributed by atoms with Gasteiger partial charge in [-0.05, 0) is 13.3 Å². The molecule has 4 N–H and O–H groups in total. The number of aromatic nitrogens is 2. The Balaban J connectivity index is 2.64. The molecule has 0 aliphatic carbocycles. The first-order valence-electron chi connectivity index (χ1n) is 4.73. The van der Waals surface area contributed by atoms with Crippen molar-refractivity contribution in [3.63, 3.8) is 0 Å². The normalized spacial score (nSPS) is 12.4. The summed E-state index contributed by atoms with van der Waals surface area (Å²) >= 11 is 0. The topological polar surface area (TPSA) is 93.0 Å². The minimum Gasteiger partial charge on any atom is -0.391 e. The molecule has 0 bridgehead atoms. The maximum atomic E-state index is 11.2. The lowest BCUT2D eigenvalue weighted by Gasteiger charge is -2.14. The standard InChI is InChI=1S/C9H16N4O2/c1-6(3-4-15-2)13-8-7(10)9(14)12-5-11-8/h5-6H,3-4,10H2,1-2H3,(H2,11,12,13,14). The molecule has 84 valence electrons. The number of hydrogen-bond donors (Lipinski definition) is 3. The van der Waals surface area contributed by atoms with Gasteiger partial charge in [0.15, 0.2) is 5.82 Å². The van der Waals surface area contributed by atoms with Crippen LogP contribution in [0.25, 0.3) is 0 Å². The summed E-state index contributed by atoms with van der Waals surface area (Å²) in [5.41, 5.74) is 5.34. The Morgan fingerprint density at radius 2 is 2.47 bits per heavy atom. The maximum Gasteiger partial charge on any atom is 0.276 e. The van der Waals surface area contributed by atoms with Gasteiger partial charge in [-0.1, -0.05) is 0 Å². The van der Waals surface area contributed by atoms with Gasteiger partial charge in [-0.25, -0.2) is 4.98 Å². The Bertz CT molecular complexity index is 363. The molecule has 1 rings (SSSR count). The molecule has 0 fully saturated rings. The van der Waals surface area contributed by atoms with Crippen molar-refractivity contribution in [2.75, 3.05) is 24.8 Å². The third-order valence-electron chi connectivity index (χ3n) is 2.03. The summed E-state index contributed by atoms with van der Waals surface area (Å²) in [5.74, 6) is 0.419. The van der Waals surface area contributed by atoms with E-state index in [4.69, 9.17) is 10.5 Å². The Morgan fingerprint density at radius 1 is 1.73 bits per heavy atom. The molecule has 15 heavy (non-hydrogen) atoms. The van der Waals surface area contributed by atoms with Crippen LogP contribution in [0.2, 0.25) is 0 Å². The van der Waals surface area contributed by atoms with Crippen molar-refractivity contribution >= 4 is 11.5 Å². The highest BCUT2D eigenvalue weighted by Gasteiger charge is 2.07. The van der Waals surface area contributed by atoms with Crippen molar-refractivity contribution in [3.8, 4) is 0 Å². The number of nitrogen functional groups attached to an aromatic ring is 1. The Hall–Kier alpha value is -1.56. The van der Waals surface area contributed by atoms with Crippen molar-refractivity contribution in [2.45, 2.75) is 19.4 Å². The van der Waals surface area contributed by atoms with Crippen LogP contribution in [0.4, 0.5) is 11.5 Å². The van der Waals surface area contributed by atoms with Crippen LogP contribution >= 0.6 is 0 Å². The lowest BCUT2D eigenvalue weighted by Crippen LogP contribution is -2.22. The Morgan fingerprint density at radius 3 is 3.13 bits per heavy atom. The summed E-state index contributed by atoms with van der Waals surface area (Å²) in [7, 11) is 1.65. The lowest BCUT2D eigenvalue weighted by molar-refractivity contribution is 0.191. The van der Waals surface area contributed by atoms with Gasteiger partial charge in [-0.3, -0.25) is 4.79 Å². The first kappa shape index (κ1) is 11.5. The number of rotatable bonds is 5. The van der Waals surface area contributed by atoms with Gasteiger partial charge in [-0.2, -0.15) is 0 Å². The van der Waals surface area contributed by atoms with Crippen molar-refractivity contribution < 1.29 is 4.74 Å². The second kappa shape index (κ2) is 5.35. The molecule has 0 saturated carbocycles. The third kappa shape index (κ3) is 3.25. The van der Waals surface area contributed by atoms with Gasteiger partial charge in [-0.15, -0.1) is 0 Å². The minimum atomic E-state index is -0.327. The number of hydrogen-bond acceptors (Lipinski definition) is 5. The molecular weight excluding hydrogens is 196 g/mol. The predicted molar refractivity (Wildman–Crippen MR) is 58.8 cm³/mol. The number of nitrogens with two attached hydrogens (primary N) is 1. The van der Waals surface area contributed by atoms with Crippen molar-refractivity contribution in [1.82, 2.24) is 9.97 Å². The van der Waals surface area contributed by atoms with Crippen LogP contribution in [0.15, 0.2) is 11.1 Å². The monoisotopic (exact) mass is 212 g/mol. The minimum absolute atomic E-state index is 0.113. The van der Waals surface area contributed by atoms with Crippen LogP contribution in [0.1, 0.15) is 13.3 Å². The van der Waals surface area contributed by atoms with Crippen molar-refractivity contribution in [1.29, 1.82) is 0 Å². The number of methoxy groups -OCH3 is 1. The fourth-order valence-electron chi connectivity index (χ4n) is 1.13. The van der Waals surface area contributed by atoms with E-state index in [0.29, 0.717) is 12.4 Å². The molecule has 6 nitrogen and oxygen atoms in total. The van der Waals surface area contributed by atoms with Crippen LogP contribution in [0, 0.1) is 0 Å². The van der Waals surface area contributed by atoms with Gasteiger partial charge in [0, 0.05) is 19.8 Å². The highest BCUT2D eigenvalue weighted by molar-refractivity contribution is 5.59. The smallest absolute Gasteiger partial charge is 0.276 e. The summed E-state index contributed by atoms with van der Waals surface area (Å²) < 4.78 is 4.94. The average Bonchev–Trinajstić information content (AvgIpc) is 2.22. The first-order chi connectivity index (χ1) is 7.15. The molecule has 6 heteroatoms. The summed E-state index contributed by atoms with van der Waals surface area (Å²) in [6.07, 6.45) is 2.15. The van der Waals surface area contributed by atoms with E-state index in [1.807, 2.05) is 6.92 Å². The molecule has 0 aliphatic heterocycles. The maximum absolute atomic E-state index is 11.2. The van der Waals surface area contributed by atoms with E-state index in [1.54, 1.807) is 7.11 Å². The second-order valence-corrected chi connectivity index (χ2v) is 3.32. The predicted octanol–water partition coefficient (Wildman–Crippen LogP) is 0.189. The van der Waals surface area contributed by atoms with E-state index in [-0.39, 0.29) is 17.3 Å². The number of H-pyrrole nitrogens is 1. The molecule has 0 aliphatic rings. The molecule has 0 saturated heterocycles. The molecule has 0 radical (unpaired) electrons. The number of aromatic amines is 1. The van der Waals surface area contributed by atoms with Gasteiger partial charge in [0.1, 0.15) is 5.69 Å². The molecule has 1 atom stereocenters. The fourth-order valence-corrected chi connectivity index (χ4v) is 1.13. The number of anilines is 2. The van der Waals surface area contributed by atoms with E-state index < -0.39 is 0 Å². The molecule has 1 aromatic rings. The molecule has 1 unspecified atom stereocenters. The highest BCUT2D eigenvalue weighted by Crippen LogP contribution is 2.10. The van der Waals surface area contributed by atoms with E-state index in [9.17, 15) is 4.79 Å². The zero-order valence-electron chi connectivity index (χ0n) is 8.91. The van der Waals surface area contributed by atoms with Gasteiger partial charge >= 0.3 is 0 Å². The molecule has 0 amide bonds. The largest absolute Gasteiger partial charge is 0.391 e. The van der Waals surface area contributed by atoms with E-state index in [2.05, 4.69) is 15.3 Å².